The standard InChI is InChI=1S/C57H36N4/c1-5-19-48-44(15-1)46-17-3-7-21-50(46)56-54(48)58-32-52(60-56)38-13-9-11-34(27-38)36-23-25-42-40(29-36)31-41-30-37(24-26-43(41)42)35-12-10-14-39(28-35)53-33-59-55-49-20-6-2-16-45(49)47-18-4-8-22-51(47)57(55)61-53/h1-30,32,59H,31,33H2. The first-order valence-electron chi connectivity index (χ1n) is 21.0. The predicted octanol–water partition coefficient (Wildman–Crippen LogP) is 14.4. The normalized spacial score (nSPS) is 13.0. The Balaban J connectivity index is 0.807. The topological polar surface area (TPSA) is 50.2 Å². The van der Waals surface area contributed by atoms with Gasteiger partial charge in [-0.15, -0.1) is 0 Å². The van der Waals surface area contributed by atoms with Gasteiger partial charge in [-0.1, -0.05) is 170 Å². The van der Waals surface area contributed by atoms with E-state index < -0.39 is 0 Å². The fourth-order valence-electron chi connectivity index (χ4n) is 10.00. The minimum Gasteiger partial charge on any atom is -0.377 e. The van der Waals surface area contributed by atoms with Crippen LogP contribution < -0.4 is 5.32 Å². The van der Waals surface area contributed by atoms with E-state index in [0.717, 1.165) is 62.1 Å². The van der Waals surface area contributed by atoms with Crippen LogP contribution in [0.4, 0.5) is 11.4 Å². The van der Waals surface area contributed by atoms with Crippen LogP contribution in [-0.4, -0.2) is 22.2 Å². The number of rotatable bonds is 4. The van der Waals surface area contributed by atoms with E-state index in [2.05, 4.69) is 187 Å². The molecule has 284 valence electrons. The average molecular weight is 777 g/mol. The Bertz CT molecular complexity index is 3660. The Kier molecular flexibility index (Phi) is 7.40. The van der Waals surface area contributed by atoms with E-state index in [4.69, 9.17) is 15.0 Å². The Morgan fingerprint density at radius 3 is 1.54 bits per heavy atom. The molecule has 0 radical (unpaired) electrons. The molecule has 2 aliphatic rings. The van der Waals surface area contributed by atoms with Gasteiger partial charge in [0.05, 0.1) is 46.6 Å². The number of hydrogen-bond donors (Lipinski definition) is 1. The van der Waals surface area contributed by atoms with Gasteiger partial charge in [0.15, 0.2) is 0 Å². The van der Waals surface area contributed by atoms with E-state index in [1.54, 1.807) is 0 Å². The zero-order valence-electron chi connectivity index (χ0n) is 33.2. The Morgan fingerprint density at radius 1 is 0.393 bits per heavy atom. The third-order valence-corrected chi connectivity index (χ3v) is 12.9. The van der Waals surface area contributed by atoms with Crippen molar-refractivity contribution in [2.45, 2.75) is 6.42 Å². The van der Waals surface area contributed by atoms with Crippen LogP contribution in [0.1, 0.15) is 16.7 Å². The summed E-state index contributed by atoms with van der Waals surface area (Å²) in [4.78, 5) is 15.6. The number of aromatic nitrogens is 2. The van der Waals surface area contributed by atoms with Gasteiger partial charge < -0.3 is 5.32 Å². The Hall–Kier alpha value is -7.95. The lowest BCUT2D eigenvalue weighted by Gasteiger charge is -2.22. The second-order valence-electron chi connectivity index (χ2n) is 16.4. The fourth-order valence-corrected chi connectivity index (χ4v) is 10.00. The smallest absolute Gasteiger partial charge is 0.0979 e. The summed E-state index contributed by atoms with van der Waals surface area (Å²) in [6.45, 7) is 0.674. The van der Waals surface area contributed by atoms with Crippen LogP contribution in [0.25, 0.3) is 98.8 Å². The molecule has 0 amide bonds. The van der Waals surface area contributed by atoms with Gasteiger partial charge in [-0.2, -0.15) is 0 Å². The molecule has 0 saturated carbocycles. The van der Waals surface area contributed by atoms with Gasteiger partial charge >= 0.3 is 0 Å². The molecular weight excluding hydrogens is 741 g/mol. The maximum absolute atomic E-state index is 5.35. The molecule has 0 spiro atoms. The zero-order valence-corrected chi connectivity index (χ0v) is 33.2. The summed E-state index contributed by atoms with van der Waals surface area (Å²) in [6, 6.07) is 65.8. The number of nitrogens with one attached hydrogen (secondary N) is 1. The highest BCUT2D eigenvalue weighted by atomic mass is 15.0. The van der Waals surface area contributed by atoms with Crippen LogP contribution in [0, 0.1) is 0 Å². The van der Waals surface area contributed by atoms with E-state index >= 15 is 0 Å². The van der Waals surface area contributed by atoms with E-state index in [0.29, 0.717) is 6.54 Å². The molecule has 2 heterocycles. The summed E-state index contributed by atoms with van der Waals surface area (Å²) in [5.74, 6) is 0. The first kappa shape index (κ1) is 34.0. The summed E-state index contributed by atoms with van der Waals surface area (Å²) < 4.78 is 0. The largest absolute Gasteiger partial charge is 0.377 e. The molecule has 11 aromatic rings. The van der Waals surface area contributed by atoms with Crippen molar-refractivity contribution < 1.29 is 0 Å². The third kappa shape index (κ3) is 5.35. The molecule has 4 heteroatoms. The number of hydrogen-bond acceptors (Lipinski definition) is 4. The van der Waals surface area contributed by atoms with Crippen LogP contribution in [0.5, 0.6) is 0 Å². The van der Waals surface area contributed by atoms with Crippen molar-refractivity contribution in [3.63, 3.8) is 0 Å². The van der Waals surface area contributed by atoms with Gasteiger partial charge in [0.25, 0.3) is 0 Å². The molecule has 4 nitrogen and oxygen atoms in total. The highest BCUT2D eigenvalue weighted by molar-refractivity contribution is 6.24. The highest BCUT2D eigenvalue weighted by Gasteiger charge is 2.22. The highest BCUT2D eigenvalue weighted by Crippen LogP contribution is 2.45. The summed E-state index contributed by atoms with van der Waals surface area (Å²) in [5, 5.41) is 13.3. The lowest BCUT2D eigenvalue weighted by molar-refractivity contribution is 1.26. The molecule has 0 bridgehead atoms. The monoisotopic (exact) mass is 776 g/mol. The van der Waals surface area contributed by atoms with Crippen molar-refractivity contribution in [2.75, 3.05) is 11.9 Å². The summed E-state index contributed by atoms with van der Waals surface area (Å²) >= 11 is 0. The van der Waals surface area contributed by atoms with Crippen LogP contribution >= 0.6 is 0 Å². The molecule has 0 fully saturated rings. The molecule has 1 N–H and O–H groups in total. The second kappa shape index (κ2) is 13.3. The minimum absolute atomic E-state index is 0.674. The first-order valence-corrected chi connectivity index (χ1v) is 21.0. The predicted molar refractivity (Wildman–Crippen MR) is 255 cm³/mol. The molecule has 10 aromatic carbocycles. The molecule has 1 aromatic heterocycles. The lowest BCUT2D eigenvalue weighted by Crippen LogP contribution is -2.19. The number of anilines is 1. The second-order valence-corrected chi connectivity index (χ2v) is 16.4. The minimum atomic E-state index is 0.674. The number of benzene rings is 10. The van der Waals surface area contributed by atoms with Gasteiger partial charge in [-0.3, -0.25) is 4.98 Å². The number of fused-ring (bicyclic) bond motifs is 15. The quantitative estimate of drug-likeness (QED) is 0.181. The average Bonchev–Trinajstić information content (AvgIpc) is 3.71. The molecule has 0 saturated heterocycles. The SMILES string of the molecule is c1cc(C2=Nc3c(c4ccccc4c4ccccc34)NC2)cc(-c2ccc3c(c2)Cc2cc(-c4cccc(-c5cnc6c7ccccc7c7ccccc7c6n5)c4)ccc2-3)c1. The van der Waals surface area contributed by atoms with Crippen LogP contribution in [-0.2, 0) is 6.42 Å². The van der Waals surface area contributed by atoms with Gasteiger partial charge in [-0.25, -0.2) is 9.98 Å². The Labute approximate surface area is 352 Å². The molecular formula is C57H36N4. The third-order valence-electron chi connectivity index (χ3n) is 12.9. The maximum atomic E-state index is 5.35. The number of nitrogens with zero attached hydrogens (tertiary/aromatic N) is 3. The molecule has 0 unspecified atom stereocenters. The Morgan fingerprint density at radius 2 is 0.885 bits per heavy atom. The van der Waals surface area contributed by atoms with Crippen LogP contribution in [0.2, 0.25) is 0 Å². The molecule has 0 atom stereocenters. The van der Waals surface area contributed by atoms with Gasteiger partial charge in [0, 0.05) is 27.1 Å². The molecule has 1 aliphatic heterocycles. The number of aliphatic imine (C=N–C) groups is 1. The van der Waals surface area contributed by atoms with E-state index in [1.165, 1.54) is 76.8 Å². The van der Waals surface area contributed by atoms with E-state index in [-0.39, 0.29) is 0 Å². The van der Waals surface area contributed by atoms with Crippen LogP contribution in [0.15, 0.2) is 193 Å². The van der Waals surface area contributed by atoms with Crippen molar-refractivity contribution in [2.24, 2.45) is 4.99 Å². The van der Waals surface area contributed by atoms with Crippen molar-refractivity contribution in [1.82, 2.24) is 9.97 Å². The summed E-state index contributed by atoms with van der Waals surface area (Å²) in [5.41, 5.74) is 18.3. The van der Waals surface area contributed by atoms with Gasteiger partial charge in [0.2, 0.25) is 0 Å². The van der Waals surface area contributed by atoms with Gasteiger partial charge in [-0.05, 0) is 90.2 Å². The van der Waals surface area contributed by atoms with E-state index in [1.807, 2.05) is 6.20 Å². The molecule has 13 rings (SSSR count). The lowest BCUT2D eigenvalue weighted by atomic mass is 9.95. The first-order chi connectivity index (χ1) is 30.2. The summed E-state index contributed by atoms with van der Waals surface area (Å²) in [6.07, 6.45) is 2.83. The van der Waals surface area contributed by atoms with Crippen molar-refractivity contribution in [3.05, 3.63) is 205 Å². The zero-order chi connectivity index (χ0) is 40.0. The van der Waals surface area contributed by atoms with E-state index in [9.17, 15) is 0 Å². The molecule has 61 heavy (non-hydrogen) atoms. The fraction of sp³-hybridized carbons (Fsp3) is 0.0351. The van der Waals surface area contributed by atoms with Gasteiger partial charge in [0.1, 0.15) is 0 Å². The van der Waals surface area contributed by atoms with Crippen LogP contribution in [0.3, 0.4) is 0 Å². The maximum Gasteiger partial charge on any atom is 0.0979 e. The van der Waals surface area contributed by atoms with Crippen molar-refractivity contribution >= 4 is 71.2 Å². The van der Waals surface area contributed by atoms with Crippen molar-refractivity contribution in [1.29, 1.82) is 0 Å². The molecule has 1 aliphatic carbocycles. The summed E-state index contributed by atoms with van der Waals surface area (Å²) in [7, 11) is 0. The van der Waals surface area contributed by atoms with Crippen molar-refractivity contribution in [3.8, 4) is 44.6 Å².